The van der Waals surface area contributed by atoms with E-state index in [2.05, 4.69) is 25.7 Å². The van der Waals surface area contributed by atoms with Crippen molar-refractivity contribution < 1.29 is 40.7 Å². The molecule has 1 heterocycles. The van der Waals surface area contributed by atoms with Crippen LogP contribution in [0.3, 0.4) is 0 Å². The van der Waals surface area contributed by atoms with Gasteiger partial charge in [-0.05, 0) is 73.2 Å². The summed E-state index contributed by atoms with van der Waals surface area (Å²) in [5, 5.41) is 8.62. The fraction of sp³-hybridized carbons (Fsp3) is 0.100. The molecule has 0 saturated heterocycles. The van der Waals surface area contributed by atoms with Crippen molar-refractivity contribution in [3.63, 3.8) is 0 Å². The molecule has 0 aliphatic heterocycles. The average Bonchev–Trinajstić information content (AvgIpc) is 3.35. The molecule has 0 aliphatic rings. The second-order valence-electron chi connectivity index (χ2n) is 9.42. The van der Waals surface area contributed by atoms with Crippen molar-refractivity contribution in [2.45, 2.75) is 19.5 Å². The molecule has 226 valence electrons. The van der Waals surface area contributed by atoms with Gasteiger partial charge in [-0.3, -0.25) is 9.59 Å². The van der Waals surface area contributed by atoms with Gasteiger partial charge in [-0.2, -0.15) is 13.2 Å². The molecular formula is C30H20F6N4O3S. The van der Waals surface area contributed by atoms with Gasteiger partial charge in [0.25, 0.3) is 11.8 Å². The van der Waals surface area contributed by atoms with E-state index in [1.807, 2.05) is 0 Å². The quantitative estimate of drug-likeness (QED) is 0.156. The summed E-state index contributed by atoms with van der Waals surface area (Å²) >= 11 is 1.18. The molecule has 0 aliphatic carbocycles. The third kappa shape index (κ3) is 7.45. The van der Waals surface area contributed by atoms with Gasteiger partial charge in [-0.15, -0.1) is 13.2 Å². The van der Waals surface area contributed by atoms with Crippen molar-refractivity contribution in [1.29, 1.82) is 0 Å². The molecule has 44 heavy (non-hydrogen) atoms. The maximum absolute atomic E-state index is 13.1. The molecule has 0 saturated carbocycles. The van der Waals surface area contributed by atoms with Crippen LogP contribution in [0.25, 0.3) is 10.2 Å². The van der Waals surface area contributed by atoms with Crippen LogP contribution in [-0.4, -0.2) is 23.2 Å². The Balaban J connectivity index is 1.28. The molecule has 2 amide bonds. The van der Waals surface area contributed by atoms with Crippen molar-refractivity contribution in [3.8, 4) is 5.75 Å². The fourth-order valence-corrected chi connectivity index (χ4v) is 5.01. The standard InChI is InChI=1S/C30H20F6N4O3S/c1-16-8-10-21(37-26(41)17-4-2-5-19(12-17)29(31,32)33)15-24(16)39-27(42)18-9-11-23-25(13-18)44-28(40-23)38-20-6-3-7-22(14-20)43-30(34,35)36/h2-15H,1H3,(H,37,41)(H,38,40)(H,39,42). The molecular weight excluding hydrogens is 610 g/mol. The molecule has 0 spiro atoms. The van der Waals surface area contributed by atoms with E-state index < -0.39 is 35.7 Å². The largest absolute Gasteiger partial charge is 0.573 e. The minimum Gasteiger partial charge on any atom is -0.406 e. The predicted molar refractivity (Wildman–Crippen MR) is 155 cm³/mol. The smallest absolute Gasteiger partial charge is 0.406 e. The summed E-state index contributed by atoms with van der Waals surface area (Å²) < 4.78 is 81.3. The van der Waals surface area contributed by atoms with E-state index in [-0.39, 0.29) is 16.8 Å². The highest BCUT2D eigenvalue weighted by atomic mass is 32.1. The van der Waals surface area contributed by atoms with Crippen molar-refractivity contribution in [1.82, 2.24) is 4.98 Å². The molecule has 0 atom stereocenters. The lowest BCUT2D eigenvalue weighted by atomic mass is 10.1. The number of aromatic nitrogens is 1. The number of aryl methyl sites for hydroxylation is 1. The normalized spacial score (nSPS) is 11.7. The Kier molecular flexibility index (Phi) is 8.19. The summed E-state index contributed by atoms with van der Waals surface area (Å²) in [6.45, 7) is 1.73. The second kappa shape index (κ2) is 11.9. The van der Waals surface area contributed by atoms with Gasteiger partial charge in [0.1, 0.15) is 5.75 Å². The van der Waals surface area contributed by atoms with Gasteiger partial charge in [-0.25, -0.2) is 4.98 Å². The lowest BCUT2D eigenvalue weighted by Gasteiger charge is -2.13. The first kappa shape index (κ1) is 30.4. The Hall–Kier alpha value is -5.11. The van der Waals surface area contributed by atoms with E-state index in [1.54, 1.807) is 43.3 Å². The second-order valence-corrected chi connectivity index (χ2v) is 10.4. The molecule has 7 nitrogen and oxygen atoms in total. The van der Waals surface area contributed by atoms with Crippen LogP contribution in [0.4, 0.5) is 48.5 Å². The number of amides is 2. The minimum atomic E-state index is -4.83. The van der Waals surface area contributed by atoms with Crippen molar-refractivity contribution in [3.05, 3.63) is 107 Å². The number of alkyl halides is 6. The van der Waals surface area contributed by atoms with E-state index in [4.69, 9.17) is 0 Å². The lowest BCUT2D eigenvalue weighted by Crippen LogP contribution is -2.17. The van der Waals surface area contributed by atoms with Crippen LogP contribution in [0.15, 0.2) is 84.9 Å². The van der Waals surface area contributed by atoms with Crippen LogP contribution in [0, 0.1) is 6.92 Å². The summed E-state index contributed by atoms with van der Waals surface area (Å²) in [6.07, 6.45) is -9.43. The van der Waals surface area contributed by atoms with E-state index in [1.165, 1.54) is 41.7 Å². The Morgan fingerprint density at radius 3 is 2.25 bits per heavy atom. The summed E-state index contributed by atoms with van der Waals surface area (Å²) in [6, 6.07) is 18.8. The number of nitrogens with one attached hydrogen (secondary N) is 3. The van der Waals surface area contributed by atoms with Crippen LogP contribution < -0.4 is 20.7 Å². The maximum Gasteiger partial charge on any atom is 0.573 e. The number of rotatable bonds is 7. The van der Waals surface area contributed by atoms with Gasteiger partial charge in [0.05, 0.1) is 15.8 Å². The van der Waals surface area contributed by atoms with Gasteiger partial charge in [-0.1, -0.05) is 29.5 Å². The molecule has 1 aromatic heterocycles. The van der Waals surface area contributed by atoms with Crippen LogP contribution in [-0.2, 0) is 6.18 Å². The van der Waals surface area contributed by atoms with E-state index in [9.17, 15) is 35.9 Å². The van der Waals surface area contributed by atoms with Crippen molar-refractivity contribution in [2.24, 2.45) is 0 Å². The van der Waals surface area contributed by atoms with Gasteiger partial charge in [0.15, 0.2) is 5.13 Å². The summed E-state index contributed by atoms with van der Waals surface area (Å²) in [5.74, 6) is -1.62. The fourth-order valence-electron chi connectivity index (χ4n) is 4.08. The summed E-state index contributed by atoms with van der Waals surface area (Å²) in [5.41, 5.74) is 1.30. The molecule has 0 radical (unpaired) electrons. The molecule has 0 bridgehead atoms. The first-order valence-corrected chi connectivity index (χ1v) is 13.5. The summed E-state index contributed by atoms with van der Waals surface area (Å²) in [7, 11) is 0. The van der Waals surface area contributed by atoms with Crippen molar-refractivity contribution in [2.75, 3.05) is 16.0 Å². The highest BCUT2D eigenvalue weighted by Crippen LogP contribution is 2.32. The SMILES string of the molecule is Cc1ccc(NC(=O)c2cccc(C(F)(F)F)c2)cc1NC(=O)c1ccc2nc(Nc3cccc(OC(F)(F)F)c3)sc2c1. The molecule has 0 unspecified atom stereocenters. The molecule has 14 heteroatoms. The number of carbonyl (C=O) groups excluding carboxylic acids is 2. The van der Waals surface area contributed by atoms with Gasteiger partial charge >= 0.3 is 12.5 Å². The number of hydrogen-bond donors (Lipinski definition) is 3. The monoisotopic (exact) mass is 630 g/mol. The number of carbonyl (C=O) groups is 2. The van der Waals surface area contributed by atoms with E-state index >= 15 is 0 Å². The van der Waals surface area contributed by atoms with Gasteiger partial charge in [0.2, 0.25) is 0 Å². The first-order chi connectivity index (χ1) is 20.7. The Morgan fingerprint density at radius 1 is 0.773 bits per heavy atom. The minimum absolute atomic E-state index is 0.181. The molecule has 0 fully saturated rings. The highest BCUT2D eigenvalue weighted by molar-refractivity contribution is 7.22. The van der Waals surface area contributed by atoms with Crippen LogP contribution >= 0.6 is 11.3 Å². The number of fused-ring (bicyclic) bond motifs is 1. The average molecular weight is 631 g/mol. The number of thiazole rings is 1. The zero-order chi connectivity index (χ0) is 31.6. The Bertz CT molecular complexity index is 1870. The predicted octanol–water partition coefficient (Wildman–Crippen LogP) is 8.77. The van der Waals surface area contributed by atoms with Crippen LogP contribution in [0.5, 0.6) is 5.75 Å². The summed E-state index contributed by atoms with van der Waals surface area (Å²) in [4.78, 5) is 30.1. The van der Waals surface area contributed by atoms with Gasteiger partial charge in [0, 0.05) is 34.3 Å². The highest BCUT2D eigenvalue weighted by Gasteiger charge is 2.31. The zero-order valence-electron chi connectivity index (χ0n) is 22.4. The molecule has 5 rings (SSSR count). The van der Waals surface area contributed by atoms with E-state index in [0.717, 1.165) is 18.2 Å². The Morgan fingerprint density at radius 2 is 1.50 bits per heavy atom. The van der Waals surface area contributed by atoms with Crippen molar-refractivity contribution >= 4 is 55.6 Å². The number of ether oxygens (including phenoxy) is 1. The number of nitrogens with zero attached hydrogens (tertiary/aromatic N) is 1. The first-order valence-electron chi connectivity index (χ1n) is 12.7. The number of anilines is 4. The Labute approximate surface area is 249 Å². The van der Waals surface area contributed by atoms with E-state index in [0.29, 0.717) is 32.3 Å². The number of halogens is 6. The third-order valence-electron chi connectivity index (χ3n) is 6.17. The molecule has 4 aromatic carbocycles. The number of benzene rings is 4. The number of hydrogen-bond acceptors (Lipinski definition) is 6. The zero-order valence-corrected chi connectivity index (χ0v) is 23.2. The maximum atomic E-state index is 13.1. The molecule has 5 aromatic rings. The molecule has 3 N–H and O–H groups in total. The topological polar surface area (TPSA) is 92.4 Å². The van der Waals surface area contributed by atoms with Crippen LogP contribution in [0.1, 0.15) is 31.8 Å². The lowest BCUT2D eigenvalue weighted by molar-refractivity contribution is -0.274. The van der Waals surface area contributed by atoms with Gasteiger partial charge < -0.3 is 20.7 Å². The van der Waals surface area contributed by atoms with Crippen LogP contribution in [0.2, 0.25) is 0 Å². The third-order valence-corrected chi connectivity index (χ3v) is 7.10.